The van der Waals surface area contributed by atoms with Gasteiger partial charge in [-0.15, -0.1) is 0 Å². The maximum absolute atomic E-state index is 12.4. The van der Waals surface area contributed by atoms with Gasteiger partial charge in [0.25, 0.3) is 0 Å². The lowest BCUT2D eigenvalue weighted by molar-refractivity contribution is -0.150. The summed E-state index contributed by atoms with van der Waals surface area (Å²) in [6, 6.07) is 15.4. The van der Waals surface area contributed by atoms with Gasteiger partial charge in [-0.05, 0) is 38.0 Å². The van der Waals surface area contributed by atoms with Crippen molar-refractivity contribution >= 4 is 17.4 Å². The molecule has 4 aromatic heterocycles. The maximum atomic E-state index is 12.4. The van der Waals surface area contributed by atoms with Crippen LogP contribution in [0.25, 0.3) is 34.1 Å². The van der Waals surface area contributed by atoms with E-state index in [1.54, 1.807) is 9.36 Å². The van der Waals surface area contributed by atoms with Gasteiger partial charge in [0.05, 0.1) is 18.9 Å². The molecule has 0 spiro atoms. The summed E-state index contributed by atoms with van der Waals surface area (Å²) in [5.74, 6) is 1.18. The molecule has 0 bridgehead atoms. The molecule has 1 aliphatic heterocycles. The molecule has 6 rings (SSSR count). The zero-order valence-electron chi connectivity index (χ0n) is 25.0. The molecule has 0 amide bonds. The van der Waals surface area contributed by atoms with Crippen LogP contribution in [0.5, 0.6) is 0 Å². The first-order chi connectivity index (χ1) is 20.8. The molecule has 12 heteroatoms. The number of rotatable bonds is 9. The fourth-order valence-electron chi connectivity index (χ4n) is 5.09. The number of carbonyl (C=O) groups excluding carboxylic acids is 1. The zero-order valence-corrected chi connectivity index (χ0v) is 25.0. The summed E-state index contributed by atoms with van der Waals surface area (Å²) in [6.07, 6.45) is 2.72. The first-order valence-electron chi connectivity index (χ1n) is 14.6. The number of nitrogens with zero attached hydrogens (tertiary/aromatic N) is 8. The molecule has 5 heterocycles. The number of hydrogen-bond acceptors (Lipinski definition) is 9. The molecule has 0 aliphatic carbocycles. The van der Waals surface area contributed by atoms with Crippen molar-refractivity contribution in [1.82, 2.24) is 34.2 Å². The van der Waals surface area contributed by atoms with Crippen molar-refractivity contribution in [2.75, 3.05) is 31.2 Å². The Balaban J connectivity index is 1.33. The van der Waals surface area contributed by atoms with E-state index in [1.165, 1.54) is 5.56 Å². The van der Waals surface area contributed by atoms with Crippen molar-refractivity contribution in [3.63, 3.8) is 0 Å². The summed E-state index contributed by atoms with van der Waals surface area (Å²) < 4.78 is 16.4. The van der Waals surface area contributed by atoms with Crippen LogP contribution in [0, 0.1) is 19.8 Å². The van der Waals surface area contributed by atoms with Crippen LogP contribution in [0.2, 0.25) is 0 Å². The van der Waals surface area contributed by atoms with Crippen LogP contribution >= 0.6 is 0 Å². The van der Waals surface area contributed by atoms with E-state index in [-0.39, 0.29) is 12.6 Å². The lowest BCUT2D eigenvalue weighted by Crippen LogP contribution is -2.38. The van der Waals surface area contributed by atoms with Crippen molar-refractivity contribution in [2.45, 2.75) is 46.9 Å². The molecule has 2 N–H and O–H groups in total. The Bertz CT molecular complexity index is 1750. The van der Waals surface area contributed by atoms with Crippen molar-refractivity contribution in [2.24, 2.45) is 11.7 Å². The number of morpholine rings is 1. The van der Waals surface area contributed by atoms with Crippen LogP contribution in [0.4, 0.5) is 5.82 Å². The monoisotopic (exact) mass is 583 g/mol. The number of anilines is 1. The number of hydrogen-bond donors (Lipinski definition) is 1. The molecule has 2 atom stereocenters. The number of ether oxygens (including phenoxy) is 2. The van der Waals surface area contributed by atoms with Crippen LogP contribution in [-0.4, -0.2) is 72.5 Å². The quantitative estimate of drug-likeness (QED) is 0.258. The molecule has 1 unspecified atom stereocenters. The molecule has 43 heavy (non-hydrogen) atoms. The zero-order chi connectivity index (χ0) is 30.1. The highest BCUT2D eigenvalue weighted by Crippen LogP contribution is 2.26. The summed E-state index contributed by atoms with van der Waals surface area (Å²) in [6.45, 7) is 10.6. The van der Waals surface area contributed by atoms with Gasteiger partial charge in [-0.1, -0.05) is 44.0 Å². The van der Waals surface area contributed by atoms with E-state index in [0.717, 1.165) is 42.3 Å². The van der Waals surface area contributed by atoms with Crippen molar-refractivity contribution in [3.8, 4) is 28.5 Å². The first-order valence-corrected chi connectivity index (χ1v) is 14.6. The summed E-state index contributed by atoms with van der Waals surface area (Å²) in [5.41, 5.74) is 12.0. The fourth-order valence-corrected chi connectivity index (χ4v) is 5.09. The van der Waals surface area contributed by atoms with Crippen LogP contribution in [0.3, 0.4) is 0 Å². The van der Waals surface area contributed by atoms with Gasteiger partial charge in [-0.2, -0.15) is 19.8 Å². The van der Waals surface area contributed by atoms with Crippen molar-refractivity contribution in [3.05, 3.63) is 66.0 Å². The fraction of sp³-hybridized carbons (Fsp3) is 0.387. The third-order valence-electron chi connectivity index (χ3n) is 7.97. The molecule has 5 aromatic rings. The molecule has 0 saturated carbocycles. The second kappa shape index (κ2) is 12.0. The standard InChI is InChI=1S/C31H37N9O3/c1-5-21(3)30(32)31(41)43-19-39-22(4)16-25(35-39)26-17-28-33-27(18-29(40(28)36-26)37-11-13-42-14-12-37)38-10-9-24(34-38)23-8-6-7-20(2)15-23/h6-10,15-18,21,30H,5,11-14,19,32H2,1-4H3/t21?,30-/m0/s1. The number of aromatic nitrogens is 7. The Kier molecular flexibility index (Phi) is 7.96. The van der Waals surface area contributed by atoms with Gasteiger partial charge in [-0.3, -0.25) is 4.79 Å². The van der Waals surface area contributed by atoms with Gasteiger partial charge in [0.1, 0.15) is 23.2 Å². The number of fused-ring (bicyclic) bond motifs is 1. The highest BCUT2D eigenvalue weighted by atomic mass is 16.5. The van der Waals surface area contributed by atoms with E-state index in [9.17, 15) is 4.79 Å². The van der Waals surface area contributed by atoms with Crippen molar-refractivity contribution in [1.29, 1.82) is 0 Å². The number of nitrogens with two attached hydrogens (primary N) is 1. The summed E-state index contributed by atoms with van der Waals surface area (Å²) in [4.78, 5) is 19.6. The lowest BCUT2D eigenvalue weighted by atomic mass is 10.0. The highest BCUT2D eigenvalue weighted by Gasteiger charge is 2.23. The second-order valence-electron chi connectivity index (χ2n) is 11.1. The molecule has 1 aliphatic rings. The third kappa shape index (κ3) is 5.88. The number of aryl methyl sites for hydroxylation is 2. The van der Waals surface area contributed by atoms with Gasteiger partial charge in [0.15, 0.2) is 18.2 Å². The predicted octanol–water partition coefficient (Wildman–Crippen LogP) is 3.77. The first kappa shape index (κ1) is 28.6. The number of carbonyl (C=O) groups is 1. The van der Waals surface area contributed by atoms with E-state index < -0.39 is 12.0 Å². The molecule has 12 nitrogen and oxygen atoms in total. The summed E-state index contributed by atoms with van der Waals surface area (Å²) in [7, 11) is 0. The lowest BCUT2D eigenvalue weighted by Gasteiger charge is -2.29. The van der Waals surface area contributed by atoms with Crippen LogP contribution in [-0.2, 0) is 21.0 Å². The van der Waals surface area contributed by atoms with Gasteiger partial charge in [-0.25, -0.2) is 14.3 Å². The Morgan fingerprint density at radius 1 is 1.02 bits per heavy atom. The average molecular weight is 584 g/mol. The molecular formula is C31H37N9O3. The Morgan fingerprint density at radius 3 is 2.58 bits per heavy atom. The molecule has 1 aromatic carbocycles. The van der Waals surface area contributed by atoms with Crippen LogP contribution < -0.4 is 10.6 Å². The minimum Gasteiger partial charge on any atom is -0.441 e. The number of esters is 1. The molecule has 0 radical (unpaired) electrons. The van der Waals surface area contributed by atoms with E-state index in [2.05, 4.69) is 35.1 Å². The highest BCUT2D eigenvalue weighted by molar-refractivity contribution is 5.75. The SMILES string of the molecule is CCC(C)[C@H](N)C(=O)OCn1nc(-c2cc3nc(-n4ccc(-c5cccc(C)c5)n4)cc(N4CCOCC4)n3n2)cc1C. The van der Waals surface area contributed by atoms with Crippen LogP contribution in [0.1, 0.15) is 31.5 Å². The Hall–Kier alpha value is -4.55. The van der Waals surface area contributed by atoms with Gasteiger partial charge >= 0.3 is 5.97 Å². The minimum absolute atomic E-state index is 0.0217. The second-order valence-corrected chi connectivity index (χ2v) is 11.1. The van der Waals surface area contributed by atoms with Gasteiger partial charge < -0.3 is 20.1 Å². The molecular weight excluding hydrogens is 546 g/mol. The smallest absolute Gasteiger partial charge is 0.324 e. The number of benzene rings is 1. The Labute approximate surface area is 250 Å². The molecule has 1 fully saturated rings. The van der Waals surface area contributed by atoms with E-state index >= 15 is 0 Å². The maximum Gasteiger partial charge on any atom is 0.324 e. The van der Waals surface area contributed by atoms with Gasteiger partial charge in [0.2, 0.25) is 0 Å². The van der Waals surface area contributed by atoms with E-state index in [4.69, 9.17) is 30.4 Å². The largest absolute Gasteiger partial charge is 0.441 e. The topological polar surface area (TPSA) is 131 Å². The predicted molar refractivity (Wildman–Crippen MR) is 163 cm³/mol. The minimum atomic E-state index is -0.666. The summed E-state index contributed by atoms with van der Waals surface area (Å²) in [5, 5.41) is 14.4. The Morgan fingerprint density at radius 2 is 1.81 bits per heavy atom. The molecule has 1 saturated heterocycles. The summed E-state index contributed by atoms with van der Waals surface area (Å²) >= 11 is 0. The third-order valence-corrected chi connectivity index (χ3v) is 7.97. The van der Waals surface area contributed by atoms with E-state index in [0.29, 0.717) is 36.1 Å². The molecule has 224 valence electrons. The van der Waals surface area contributed by atoms with Crippen LogP contribution in [0.15, 0.2) is 54.7 Å². The van der Waals surface area contributed by atoms with Crippen molar-refractivity contribution < 1.29 is 14.3 Å². The average Bonchev–Trinajstić information content (AvgIpc) is 3.77. The normalized spacial score (nSPS) is 15.1. The van der Waals surface area contributed by atoms with Gasteiger partial charge in [0, 0.05) is 42.7 Å². The van der Waals surface area contributed by atoms with E-state index in [1.807, 2.05) is 61.8 Å².